The van der Waals surface area contributed by atoms with E-state index in [2.05, 4.69) is 72.2 Å². The zero-order valence-corrected chi connectivity index (χ0v) is 27.7. The van der Waals surface area contributed by atoms with Gasteiger partial charge in [0.05, 0.1) is 17.6 Å². The number of furan rings is 1. The Hall–Kier alpha value is -5.40. The van der Waals surface area contributed by atoms with Crippen LogP contribution in [0.5, 0.6) is 0 Å². The molecular formula is C42H29BF2N2OS. The first-order valence-corrected chi connectivity index (χ1v) is 17.6. The van der Waals surface area contributed by atoms with Crippen molar-refractivity contribution in [1.82, 2.24) is 0 Å². The number of aryl methyl sites for hydroxylation is 2. The molecule has 236 valence electrons. The molecule has 0 fully saturated rings. The third-order valence-electron chi connectivity index (χ3n) is 10.4. The van der Waals surface area contributed by atoms with E-state index in [0.717, 1.165) is 62.1 Å². The van der Waals surface area contributed by atoms with Crippen LogP contribution in [0.15, 0.2) is 120 Å². The van der Waals surface area contributed by atoms with Crippen molar-refractivity contribution in [3.63, 3.8) is 0 Å². The molecule has 4 heterocycles. The number of hydrogen-bond donors (Lipinski definition) is 0. The fourth-order valence-electron chi connectivity index (χ4n) is 8.47. The van der Waals surface area contributed by atoms with Crippen molar-refractivity contribution >= 4 is 99.7 Å². The fraction of sp³-hybridized carbons (Fsp3) is 0.0952. The van der Waals surface area contributed by atoms with Crippen LogP contribution >= 0.6 is 11.3 Å². The van der Waals surface area contributed by atoms with Crippen molar-refractivity contribution in [3.8, 4) is 0 Å². The lowest BCUT2D eigenvalue weighted by Crippen LogP contribution is -2.62. The van der Waals surface area contributed by atoms with Gasteiger partial charge in [0.25, 0.3) is 6.71 Å². The van der Waals surface area contributed by atoms with Gasteiger partial charge in [-0.3, -0.25) is 0 Å². The van der Waals surface area contributed by atoms with Crippen molar-refractivity contribution in [3.05, 3.63) is 138 Å². The zero-order valence-electron chi connectivity index (χ0n) is 26.9. The van der Waals surface area contributed by atoms with Crippen LogP contribution in [0.4, 0.5) is 42.9 Å². The highest BCUT2D eigenvalue weighted by atomic mass is 32.1. The van der Waals surface area contributed by atoms with Crippen LogP contribution in [0.3, 0.4) is 0 Å². The van der Waals surface area contributed by atoms with E-state index >= 15 is 8.78 Å². The largest absolute Gasteiger partial charge is 0.464 e. The molecule has 0 radical (unpaired) electrons. The van der Waals surface area contributed by atoms with Crippen molar-refractivity contribution in [2.45, 2.75) is 26.7 Å². The van der Waals surface area contributed by atoms with Crippen LogP contribution in [0.25, 0.3) is 31.1 Å². The minimum Gasteiger partial charge on any atom is -0.464 e. The van der Waals surface area contributed by atoms with Crippen LogP contribution in [-0.4, -0.2) is 6.71 Å². The number of anilines is 6. The summed E-state index contributed by atoms with van der Waals surface area (Å²) in [6, 6.07) is 35.4. The number of hydrogen-bond acceptors (Lipinski definition) is 4. The van der Waals surface area contributed by atoms with Crippen LogP contribution in [0, 0.1) is 11.6 Å². The second-order valence-corrected chi connectivity index (χ2v) is 13.9. The number of benzene rings is 6. The summed E-state index contributed by atoms with van der Waals surface area (Å²) >= 11 is 1.81. The Morgan fingerprint density at radius 2 is 1.22 bits per heavy atom. The number of halogens is 2. The maximum Gasteiger partial charge on any atom is 0.252 e. The van der Waals surface area contributed by atoms with Gasteiger partial charge in [0.15, 0.2) is 0 Å². The summed E-state index contributed by atoms with van der Waals surface area (Å²) in [6.45, 7) is 4.14. The summed E-state index contributed by atoms with van der Waals surface area (Å²) in [5, 5.41) is 3.45. The van der Waals surface area contributed by atoms with Gasteiger partial charge in [-0.15, -0.1) is 11.3 Å². The molecule has 0 spiro atoms. The van der Waals surface area contributed by atoms with E-state index in [-0.39, 0.29) is 18.3 Å². The Morgan fingerprint density at radius 3 is 1.90 bits per heavy atom. The average molecular weight is 659 g/mol. The quantitative estimate of drug-likeness (QED) is 0.176. The molecule has 0 N–H and O–H groups in total. The van der Waals surface area contributed by atoms with Gasteiger partial charge in [0.2, 0.25) is 0 Å². The predicted octanol–water partition coefficient (Wildman–Crippen LogP) is 10.3. The number of nitrogens with zero attached hydrogens (tertiary/aromatic N) is 2. The zero-order chi connectivity index (χ0) is 33.0. The monoisotopic (exact) mass is 658 g/mol. The van der Waals surface area contributed by atoms with E-state index in [0.29, 0.717) is 17.8 Å². The highest BCUT2D eigenvalue weighted by Gasteiger charge is 2.46. The molecule has 2 aliphatic heterocycles. The highest BCUT2D eigenvalue weighted by molar-refractivity contribution is 7.26. The smallest absolute Gasteiger partial charge is 0.252 e. The molecule has 0 unspecified atom stereocenters. The number of fused-ring (bicyclic) bond motifs is 8. The van der Waals surface area contributed by atoms with Gasteiger partial charge in [0, 0.05) is 53.9 Å². The first-order valence-electron chi connectivity index (χ1n) is 16.8. The molecule has 0 bridgehead atoms. The molecule has 0 aliphatic carbocycles. The molecular weight excluding hydrogens is 629 g/mol. The van der Waals surface area contributed by atoms with E-state index in [1.54, 1.807) is 29.7 Å². The predicted molar refractivity (Wildman–Crippen MR) is 202 cm³/mol. The average Bonchev–Trinajstić information content (AvgIpc) is 3.75. The SMILES string of the molecule is CCc1c2c(cc3ccoc13)B1c3cc4c(sc5ccccc54)c(CC)c3N(c3ccccc3F)c3cccc(c31)N2c1ccccc1F. The van der Waals surface area contributed by atoms with Gasteiger partial charge in [-0.1, -0.05) is 74.5 Å². The molecule has 3 nitrogen and oxygen atoms in total. The lowest BCUT2D eigenvalue weighted by molar-refractivity contribution is 0.611. The molecule has 49 heavy (non-hydrogen) atoms. The molecule has 8 aromatic rings. The van der Waals surface area contributed by atoms with E-state index in [1.165, 1.54) is 37.9 Å². The molecule has 0 saturated carbocycles. The summed E-state index contributed by atoms with van der Waals surface area (Å²) in [7, 11) is 0. The Labute approximate surface area is 286 Å². The topological polar surface area (TPSA) is 19.6 Å². The molecule has 6 aromatic carbocycles. The number of rotatable bonds is 4. The van der Waals surface area contributed by atoms with Gasteiger partial charge >= 0.3 is 0 Å². The Kier molecular flexibility index (Phi) is 6.16. The summed E-state index contributed by atoms with van der Waals surface area (Å²) in [6.07, 6.45) is 3.21. The van der Waals surface area contributed by atoms with Gasteiger partial charge < -0.3 is 14.2 Å². The number of thiophene rings is 1. The fourth-order valence-corrected chi connectivity index (χ4v) is 9.77. The lowest BCUT2D eigenvalue weighted by atomic mass is 9.33. The molecule has 10 rings (SSSR count). The Bertz CT molecular complexity index is 2660. The standard InChI is InChI=1S/C42H29BF2N2OS/c1-3-25-39-29(22-24-20-21-48-41(24)25)43-30-23-28-27-12-5-10-19-37(27)49-42(28)26(4-2)40(30)47(34-16-9-7-14-32(34)45)36-18-11-17-35(38(36)43)46(39)33-15-8-6-13-31(33)44/h5-23H,3-4H2,1-2H3. The van der Waals surface area contributed by atoms with E-state index < -0.39 is 0 Å². The van der Waals surface area contributed by atoms with Gasteiger partial charge in [-0.25, -0.2) is 8.78 Å². The molecule has 0 amide bonds. The molecule has 0 atom stereocenters. The second kappa shape index (κ2) is 10.6. The first kappa shape index (κ1) is 28.6. The Balaban J connectivity index is 1.42. The second-order valence-electron chi connectivity index (χ2n) is 12.8. The molecule has 2 aromatic heterocycles. The molecule has 7 heteroatoms. The summed E-state index contributed by atoms with van der Waals surface area (Å²) in [5.41, 5.74) is 11.0. The van der Waals surface area contributed by atoms with Crippen LogP contribution < -0.4 is 26.2 Å². The third kappa shape index (κ3) is 3.82. The van der Waals surface area contributed by atoms with Gasteiger partial charge in [0.1, 0.15) is 17.2 Å². The lowest BCUT2D eigenvalue weighted by Gasteiger charge is -2.45. The first-order chi connectivity index (χ1) is 24.1. The minimum absolute atomic E-state index is 0.194. The maximum absolute atomic E-state index is 16.1. The van der Waals surface area contributed by atoms with Crippen LogP contribution in [0.2, 0.25) is 0 Å². The van der Waals surface area contributed by atoms with Crippen molar-refractivity contribution in [1.29, 1.82) is 0 Å². The summed E-state index contributed by atoms with van der Waals surface area (Å²) in [5.74, 6) is -0.605. The van der Waals surface area contributed by atoms with Crippen molar-refractivity contribution in [2.75, 3.05) is 9.80 Å². The van der Waals surface area contributed by atoms with Crippen LogP contribution in [-0.2, 0) is 12.8 Å². The minimum atomic E-state index is -0.312. The highest BCUT2D eigenvalue weighted by Crippen LogP contribution is 2.50. The van der Waals surface area contributed by atoms with Crippen molar-refractivity contribution in [2.24, 2.45) is 0 Å². The van der Waals surface area contributed by atoms with E-state index in [9.17, 15) is 0 Å². The molecule has 0 saturated heterocycles. The third-order valence-corrected chi connectivity index (χ3v) is 11.6. The maximum atomic E-state index is 16.1. The van der Waals surface area contributed by atoms with E-state index in [4.69, 9.17) is 4.42 Å². The molecule has 2 aliphatic rings. The van der Waals surface area contributed by atoms with Crippen molar-refractivity contribution < 1.29 is 13.2 Å². The normalized spacial score (nSPS) is 13.3. The van der Waals surface area contributed by atoms with Crippen LogP contribution in [0.1, 0.15) is 25.0 Å². The number of para-hydroxylation sites is 2. The van der Waals surface area contributed by atoms with Gasteiger partial charge in [-0.2, -0.15) is 0 Å². The van der Waals surface area contributed by atoms with E-state index in [1.807, 2.05) is 36.4 Å². The summed E-state index contributed by atoms with van der Waals surface area (Å²) < 4.78 is 40.8. The van der Waals surface area contributed by atoms with Gasteiger partial charge in [-0.05, 0) is 83.3 Å². The Morgan fingerprint density at radius 1 is 0.633 bits per heavy atom. The summed E-state index contributed by atoms with van der Waals surface area (Å²) in [4.78, 5) is 4.20.